The van der Waals surface area contributed by atoms with E-state index in [1.54, 1.807) is 0 Å². The SMILES string of the molecule is C[CH2][Ge]([CH2]C)([CH2]C)[CH](C)C(=O)c1ccccc1. The molecule has 1 rings (SSSR count). The van der Waals surface area contributed by atoms with Gasteiger partial charge in [0.1, 0.15) is 0 Å². The Morgan fingerprint density at radius 3 is 1.94 bits per heavy atom. The van der Waals surface area contributed by atoms with Crippen LogP contribution < -0.4 is 0 Å². The van der Waals surface area contributed by atoms with Crippen molar-refractivity contribution in [2.45, 2.75) is 48.2 Å². The second-order valence-electron chi connectivity index (χ2n) is 4.87. The predicted molar refractivity (Wildman–Crippen MR) is 77.4 cm³/mol. The maximum atomic E-state index is 12.5. The third-order valence-electron chi connectivity index (χ3n) is 4.48. The number of benzene rings is 1. The molecule has 1 aromatic carbocycles. The second-order valence-corrected chi connectivity index (χ2v) is 16.9. The number of hydrogen-bond acceptors (Lipinski definition) is 1. The van der Waals surface area contributed by atoms with Crippen molar-refractivity contribution in [1.29, 1.82) is 0 Å². The second kappa shape index (κ2) is 6.39. The molecule has 17 heavy (non-hydrogen) atoms. The molecule has 0 heterocycles. The molecular formula is C15H24GeO. The summed E-state index contributed by atoms with van der Waals surface area (Å²) in [7, 11) is 0. The molecule has 0 spiro atoms. The van der Waals surface area contributed by atoms with E-state index in [9.17, 15) is 4.79 Å². The van der Waals surface area contributed by atoms with Crippen molar-refractivity contribution >= 4 is 19.0 Å². The fraction of sp³-hybridized carbons (Fsp3) is 0.533. The monoisotopic (exact) mass is 294 g/mol. The van der Waals surface area contributed by atoms with Gasteiger partial charge in [0.15, 0.2) is 0 Å². The van der Waals surface area contributed by atoms with Gasteiger partial charge in [-0.25, -0.2) is 0 Å². The van der Waals surface area contributed by atoms with E-state index < -0.39 is 13.3 Å². The Bertz CT molecular complexity index is 346. The van der Waals surface area contributed by atoms with Crippen LogP contribution in [0.3, 0.4) is 0 Å². The molecule has 1 aromatic rings. The van der Waals surface area contributed by atoms with Gasteiger partial charge in [0.2, 0.25) is 0 Å². The standard InChI is InChI=1S/C15H24GeO/c1-5-16(6-2,7-3)13(4)15(17)14-11-9-8-10-12-14/h8-13H,5-7H2,1-4H3. The van der Waals surface area contributed by atoms with Crippen LogP contribution in [0.1, 0.15) is 38.1 Å². The van der Waals surface area contributed by atoms with Crippen LogP contribution in [0.4, 0.5) is 0 Å². The Kier molecular flexibility index (Phi) is 5.45. The first-order valence-electron chi connectivity index (χ1n) is 6.70. The number of carbonyl (C=O) groups excluding carboxylic acids is 1. The summed E-state index contributed by atoms with van der Waals surface area (Å²) in [6.07, 6.45) is 0. The Balaban J connectivity index is 2.96. The van der Waals surface area contributed by atoms with E-state index in [4.69, 9.17) is 0 Å². The predicted octanol–water partition coefficient (Wildman–Crippen LogP) is 4.77. The van der Waals surface area contributed by atoms with Crippen molar-refractivity contribution in [2.75, 3.05) is 0 Å². The molecule has 0 aliphatic rings. The molecule has 0 aliphatic heterocycles. The van der Waals surface area contributed by atoms with E-state index >= 15 is 0 Å². The summed E-state index contributed by atoms with van der Waals surface area (Å²) in [4.78, 5) is 12.5. The normalized spacial score (nSPS) is 13.4. The van der Waals surface area contributed by atoms with Crippen molar-refractivity contribution < 1.29 is 4.79 Å². The van der Waals surface area contributed by atoms with Crippen LogP contribution in [0.25, 0.3) is 0 Å². The summed E-state index contributed by atoms with van der Waals surface area (Å²) in [5.74, 6) is 0.371. The zero-order valence-electron chi connectivity index (χ0n) is 11.5. The zero-order valence-corrected chi connectivity index (χ0v) is 13.6. The van der Waals surface area contributed by atoms with Gasteiger partial charge < -0.3 is 0 Å². The van der Waals surface area contributed by atoms with Gasteiger partial charge in [0, 0.05) is 0 Å². The van der Waals surface area contributed by atoms with Crippen molar-refractivity contribution in [3.8, 4) is 0 Å². The third kappa shape index (κ3) is 3.01. The Labute approximate surface area is 108 Å². The molecule has 0 N–H and O–H groups in total. The average molecular weight is 293 g/mol. The van der Waals surface area contributed by atoms with Gasteiger partial charge >= 0.3 is 108 Å². The Morgan fingerprint density at radius 1 is 1.06 bits per heavy atom. The number of ketones is 1. The summed E-state index contributed by atoms with van der Waals surface area (Å²) < 4.78 is 0.289. The summed E-state index contributed by atoms with van der Waals surface area (Å²) in [5.41, 5.74) is 0.894. The number of rotatable bonds is 6. The van der Waals surface area contributed by atoms with Gasteiger partial charge in [-0.2, -0.15) is 0 Å². The summed E-state index contributed by atoms with van der Waals surface area (Å²) >= 11 is -1.97. The van der Waals surface area contributed by atoms with Crippen LogP contribution in [-0.4, -0.2) is 19.0 Å². The van der Waals surface area contributed by atoms with Crippen LogP contribution in [0.15, 0.2) is 30.3 Å². The van der Waals surface area contributed by atoms with Gasteiger partial charge in [-0.05, 0) is 0 Å². The van der Waals surface area contributed by atoms with Gasteiger partial charge in [0.05, 0.1) is 0 Å². The van der Waals surface area contributed by atoms with E-state index in [2.05, 4.69) is 27.7 Å². The van der Waals surface area contributed by atoms with Gasteiger partial charge in [-0.1, -0.05) is 0 Å². The summed E-state index contributed by atoms with van der Waals surface area (Å²) in [5, 5.41) is 3.77. The molecule has 1 nitrogen and oxygen atoms in total. The minimum absolute atomic E-state index is 0.289. The van der Waals surface area contributed by atoms with E-state index in [-0.39, 0.29) is 4.75 Å². The van der Waals surface area contributed by atoms with Crippen LogP contribution in [0.2, 0.25) is 20.5 Å². The van der Waals surface area contributed by atoms with Gasteiger partial charge in [-0.3, -0.25) is 0 Å². The number of hydrogen-bond donors (Lipinski definition) is 0. The average Bonchev–Trinajstić information content (AvgIpc) is 2.41. The minimum atomic E-state index is -1.97. The van der Waals surface area contributed by atoms with Crippen LogP contribution in [0, 0.1) is 0 Å². The molecule has 0 aliphatic carbocycles. The molecule has 0 saturated heterocycles. The Hall–Kier alpha value is -0.567. The van der Waals surface area contributed by atoms with Crippen molar-refractivity contribution in [3.05, 3.63) is 35.9 Å². The molecule has 2 heteroatoms. The molecule has 0 saturated carbocycles. The summed E-state index contributed by atoms with van der Waals surface area (Å²) in [6, 6.07) is 9.78. The number of carbonyl (C=O) groups is 1. The molecule has 0 bridgehead atoms. The quantitative estimate of drug-likeness (QED) is 0.545. The third-order valence-corrected chi connectivity index (χ3v) is 17.8. The van der Waals surface area contributed by atoms with E-state index in [1.165, 1.54) is 15.8 Å². The molecule has 94 valence electrons. The topological polar surface area (TPSA) is 17.1 Å². The molecule has 1 unspecified atom stereocenters. The first kappa shape index (κ1) is 14.5. The molecule has 0 radical (unpaired) electrons. The first-order chi connectivity index (χ1) is 8.11. The Morgan fingerprint density at radius 2 is 1.53 bits per heavy atom. The van der Waals surface area contributed by atoms with Crippen LogP contribution in [0.5, 0.6) is 0 Å². The van der Waals surface area contributed by atoms with Crippen molar-refractivity contribution in [3.63, 3.8) is 0 Å². The van der Waals surface area contributed by atoms with E-state index in [0.717, 1.165) is 5.56 Å². The fourth-order valence-corrected chi connectivity index (χ4v) is 11.3. The molecular weight excluding hydrogens is 269 g/mol. The number of Topliss-reactive ketones (excluding diaryl/α,β-unsaturated/α-hetero) is 1. The fourth-order valence-electron chi connectivity index (χ4n) is 2.80. The zero-order chi connectivity index (χ0) is 12.9. The molecule has 1 atom stereocenters. The van der Waals surface area contributed by atoms with Crippen molar-refractivity contribution in [1.82, 2.24) is 0 Å². The van der Waals surface area contributed by atoms with Crippen molar-refractivity contribution in [2.24, 2.45) is 0 Å². The molecule has 0 amide bonds. The van der Waals surface area contributed by atoms with E-state index in [1.807, 2.05) is 30.3 Å². The van der Waals surface area contributed by atoms with Gasteiger partial charge in [0.25, 0.3) is 0 Å². The molecule has 0 fully saturated rings. The van der Waals surface area contributed by atoms with Crippen LogP contribution >= 0.6 is 0 Å². The van der Waals surface area contributed by atoms with E-state index in [0.29, 0.717) is 5.78 Å². The van der Waals surface area contributed by atoms with Gasteiger partial charge in [-0.15, -0.1) is 0 Å². The molecule has 0 aromatic heterocycles. The maximum absolute atomic E-state index is 12.5. The summed E-state index contributed by atoms with van der Waals surface area (Å²) in [6.45, 7) is 9.01. The van der Waals surface area contributed by atoms with Crippen LogP contribution in [-0.2, 0) is 0 Å². The first-order valence-corrected chi connectivity index (χ1v) is 12.4.